The summed E-state index contributed by atoms with van der Waals surface area (Å²) in [4.78, 5) is 19.5. The lowest BCUT2D eigenvalue weighted by Crippen LogP contribution is -2.43. The van der Waals surface area contributed by atoms with E-state index in [4.69, 9.17) is 11.6 Å². The molecule has 4 rings (SSSR count). The topological polar surface area (TPSA) is 63.1 Å². The van der Waals surface area contributed by atoms with Gasteiger partial charge < -0.3 is 10.2 Å². The van der Waals surface area contributed by atoms with Crippen molar-refractivity contribution < 1.29 is 9.18 Å². The van der Waals surface area contributed by atoms with Gasteiger partial charge in [-0.2, -0.15) is 5.10 Å². The summed E-state index contributed by atoms with van der Waals surface area (Å²) in [6.45, 7) is 3.77. The van der Waals surface area contributed by atoms with Crippen LogP contribution < -0.4 is 10.2 Å². The van der Waals surface area contributed by atoms with Crippen LogP contribution in [0.1, 0.15) is 24.1 Å². The van der Waals surface area contributed by atoms with Crippen LogP contribution >= 0.6 is 11.6 Å². The van der Waals surface area contributed by atoms with Crippen molar-refractivity contribution in [3.63, 3.8) is 0 Å². The maximum atomic E-state index is 13.3. The Morgan fingerprint density at radius 1 is 1.38 bits per heavy atom. The number of amides is 1. The summed E-state index contributed by atoms with van der Waals surface area (Å²) in [7, 11) is 1.92. The van der Waals surface area contributed by atoms with Crippen molar-refractivity contribution in [2.45, 2.75) is 26.3 Å². The molecule has 0 unspecified atom stereocenters. The van der Waals surface area contributed by atoms with E-state index < -0.39 is 5.82 Å². The predicted octanol–water partition coefficient (Wildman–Crippen LogP) is 3.60. The number of anilines is 1. The Kier molecular flexibility index (Phi) is 5.41. The van der Waals surface area contributed by atoms with Crippen LogP contribution in [-0.2, 0) is 18.4 Å². The summed E-state index contributed by atoms with van der Waals surface area (Å²) in [5.41, 5.74) is 2.73. The number of rotatable bonds is 4. The minimum absolute atomic E-state index is 0.0106. The van der Waals surface area contributed by atoms with Gasteiger partial charge in [-0.05, 0) is 43.5 Å². The van der Waals surface area contributed by atoms with Gasteiger partial charge in [-0.25, -0.2) is 9.37 Å². The smallest absolute Gasteiger partial charge is 0.225 e. The molecule has 1 N–H and O–H groups in total. The third kappa shape index (κ3) is 3.92. The normalized spacial score (nSPS) is 17.0. The molecule has 1 fully saturated rings. The van der Waals surface area contributed by atoms with Crippen molar-refractivity contribution in [2.24, 2.45) is 13.0 Å². The summed E-state index contributed by atoms with van der Waals surface area (Å²) in [5.74, 6) is 0.264. The number of pyridine rings is 1. The highest BCUT2D eigenvalue weighted by Gasteiger charge is 2.28. The van der Waals surface area contributed by atoms with E-state index in [1.807, 2.05) is 24.7 Å². The van der Waals surface area contributed by atoms with Crippen molar-refractivity contribution in [1.82, 2.24) is 20.1 Å². The van der Waals surface area contributed by atoms with E-state index >= 15 is 0 Å². The van der Waals surface area contributed by atoms with Gasteiger partial charge in [-0.1, -0.05) is 17.7 Å². The first kappa shape index (κ1) is 19.6. The van der Waals surface area contributed by atoms with Crippen molar-refractivity contribution in [1.29, 1.82) is 0 Å². The number of aryl methyl sites for hydroxylation is 2. The SMILES string of the molecule is Cc1nn(C)c2c(N3CCC[C@@H](C(=O)NCc4ccc(F)c(Cl)c4)C3)nccc12. The molecule has 3 aromatic rings. The first-order valence-corrected chi connectivity index (χ1v) is 10.1. The lowest BCUT2D eigenvalue weighted by Gasteiger charge is -2.33. The van der Waals surface area contributed by atoms with E-state index in [9.17, 15) is 9.18 Å². The van der Waals surface area contributed by atoms with Crippen LogP contribution in [0.15, 0.2) is 30.5 Å². The summed E-state index contributed by atoms with van der Waals surface area (Å²) in [5, 5.41) is 8.61. The average Bonchev–Trinajstić information content (AvgIpc) is 3.02. The largest absolute Gasteiger partial charge is 0.354 e. The number of nitrogens with one attached hydrogen (secondary N) is 1. The Hall–Kier alpha value is -2.67. The number of carbonyl (C=O) groups is 1. The molecule has 1 aromatic carbocycles. The number of halogens is 2. The number of nitrogens with zero attached hydrogens (tertiary/aromatic N) is 4. The lowest BCUT2D eigenvalue weighted by atomic mass is 9.97. The number of hydrogen-bond donors (Lipinski definition) is 1. The van der Waals surface area contributed by atoms with Gasteiger partial charge in [0.25, 0.3) is 0 Å². The molecule has 0 spiro atoms. The number of aromatic nitrogens is 3. The van der Waals surface area contributed by atoms with E-state index in [0.717, 1.165) is 47.4 Å². The quantitative estimate of drug-likeness (QED) is 0.707. The third-order valence-electron chi connectivity index (χ3n) is 5.46. The molecule has 0 bridgehead atoms. The van der Waals surface area contributed by atoms with Crippen LogP contribution in [0.25, 0.3) is 10.9 Å². The molecule has 152 valence electrons. The third-order valence-corrected chi connectivity index (χ3v) is 5.75. The van der Waals surface area contributed by atoms with E-state index in [-0.39, 0.29) is 16.8 Å². The van der Waals surface area contributed by atoms with E-state index in [1.54, 1.807) is 18.3 Å². The van der Waals surface area contributed by atoms with Gasteiger partial charge in [0.15, 0.2) is 5.82 Å². The number of benzene rings is 1. The van der Waals surface area contributed by atoms with Crippen LogP contribution in [0.3, 0.4) is 0 Å². The fourth-order valence-corrected chi connectivity index (χ4v) is 4.18. The van der Waals surface area contributed by atoms with Crippen molar-refractivity contribution in [3.8, 4) is 0 Å². The molecule has 29 heavy (non-hydrogen) atoms. The average molecular weight is 416 g/mol. The van der Waals surface area contributed by atoms with Gasteiger partial charge in [0.2, 0.25) is 5.91 Å². The Balaban J connectivity index is 1.47. The molecule has 2 aromatic heterocycles. The Labute approximate surface area is 173 Å². The van der Waals surface area contributed by atoms with E-state index in [0.29, 0.717) is 13.1 Å². The van der Waals surface area contributed by atoms with Crippen LogP contribution in [0.2, 0.25) is 5.02 Å². The molecule has 1 aliphatic rings. The monoisotopic (exact) mass is 415 g/mol. The fraction of sp³-hybridized carbons (Fsp3) is 0.381. The summed E-state index contributed by atoms with van der Waals surface area (Å²) in [6, 6.07) is 6.46. The van der Waals surface area contributed by atoms with Crippen LogP contribution in [0, 0.1) is 18.7 Å². The highest BCUT2D eigenvalue weighted by atomic mass is 35.5. The number of carbonyl (C=O) groups excluding carboxylic acids is 1. The zero-order chi connectivity index (χ0) is 20.5. The summed E-state index contributed by atoms with van der Waals surface area (Å²) >= 11 is 5.82. The zero-order valence-electron chi connectivity index (χ0n) is 16.5. The van der Waals surface area contributed by atoms with Crippen LogP contribution in [0.4, 0.5) is 10.2 Å². The molecule has 1 atom stereocenters. The van der Waals surface area contributed by atoms with Gasteiger partial charge in [0, 0.05) is 38.3 Å². The number of fused-ring (bicyclic) bond motifs is 1. The minimum atomic E-state index is -0.461. The molecule has 1 saturated heterocycles. The first-order valence-electron chi connectivity index (χ1n) is 9.69. The Bertz CT molecular complexity index is 1070. The maximum absolute atomic E-state index is 13.3. The van der Waals surface area contributed by atoms with Crippen LogP contribution in [-0.4, -0.2) is 33.8 Å². The first-order chi connectivity index (χ1) is 13.9. The number of hydrogen-bond acceptors (Lipinski definition) is 4. The summed E-state index contributed by atoms with van der Waals surface area (Å²) in [6.07, 6.45) is 3.54. The molecule has 1 amide bonds. The zero-order valence-corrected chi connectivity index (χ0v) is 17.2. The van der Waals surface area contributed by atoms with E-state index in [1.165, 1.54) is 6.07 Å². The Morgan fingerprint density at radius 3 is 3.00 bits per heavy atom. The highest BCUT2D eigenvalue weighted by molar-refractivity contribution is 6.30. The lowest BCUT2D eigenvalue weighted by molar-refractivity contribution is -0.125. The predicted molar refractivity (Wildman–Crippen MR) is 111 cm³/mol. The van der Waals surface area contributed by atoms with Crippen molar-refractivity contribution in [3.05, 3.63) is 52.6 Å². The number of piperidine rings is 1. The fourth-order valence-electron chi connectivity index (χ4n) is 3.98. The van der Waals surface area contributed by atoms with Gasteiger partial charge in [-0.15, -0.1) is 0 Å². The Morgan fingerprint density at radius 2 is 2.21 bits per heavy atom. The van der Waals surface area contributed by atoms with Crippen LogP contribution in [0.5, 0.6) is 0 Å². The minimum Gasteiger partial charge on any atom is -0.354 e. The van der Waals surface area contributed by atoms with E-state index in [2.05, 4.69) is 20.3 Å². The second-order valence-corrected chi connectivity index (χ2v) is 7.90. The maximum Gasteiger partial charge on any atom is 0.225 e. The standard InChI is InChI=1S/C21H23ClFN5O/c1-13-16-7-8-24-20(19(16)27(2)26-13)28-9-3-4-15(12-28)21(29)25-11-14-5-6-18(23)17(22)10-14/h5-8,10,15H,3-4,9,11-12H2,1-2H3,(H,25,29)/t15-/m1/s1. The molecule has 3 heterocycles. The van der Waals surface area contributed by atoms with Crippen molar-refractivity contribution in [2.75, 3.05) is 18.0 Å². The molecule has 1 aliphatic heterocycles. The van der Waals surface area contributed by atoms with Crippen molar-refractivity contribution >= 4 is 34.2 Å². The molecule has 6 nitrogen and oxygen atoms in total. The molecular formula is C21H23ClFN5O. The molecule has 0 radical (unpaired) electrons. The second-order valence-electron chi connectivity index (χ2n) is 7.49. The second kappa shape index (κ2) is 7.99. The molecule has 0 saturated carbocycles. The molecular weight excluding hydrogens is 393 g/mol. The van der Waals surface area contributed by atoms with Gasteiger partial charge >= 0.3 is 0 Å². The van der Waals surface area contributed by atoms with Gasteiger partial charge in [-0.3, -0.25) is 9.48 Å². The summed E-state index contributed by atoms with van der Waals surface area (Å²) < 4.78 is 15.2. The molecule has 8 heteroatoms. The highest BCUT2D eigenvalue weighted by Crippen LogP contribution is 2.29. The molecule has 0 aliphatic carbocycles. The van der Waals surface area contributed by atoms with Gasteiger partial charge in [0.1, 0.15) is 11.3 Å². The van der Waals surface area contributed by atoms with Gasteiger partial charge in [0.05, 0.1) is 16.6 Å².